The quantitative estimate of drug-likeness (QED) is 0.696. The minimum Gasteiger partial charge on any atom is -0.469 e. The van der Waals surface area contributed by atoms with Gasteiger partial charge in [-0.1, -0.05) is 0 Å². The van der Waals surface area contributed by atoms with Gasteiger partial charge in [0.15, 0.2) is 0 Å². The van der Waals surface area contributed by atoms with Crippen molar-refractivity contribution in [3.8, 4) is 0 Å². The first-order valence-corrected chi connectivity index (χ1v) is 8.72. The Bertz CT molecular complexity index is 471. The summed E-state index contributed by atoms with van der Waals surface area (Å²) in [4.78, 5) is 11.6. The molecule has 3 atom stereocenters. The van der Waals surface area contributed by atoms with Crippen LogP contribution < -0.4 is 0 Å². The van der Waals surface area contributed by atoms with Crippen LogP contribution in [-0.4, -0.2) is 68.5 Å². The summed E-state index contributed by atoms with van der Waals surface area (Å²) in [6.45, 7) is 5.10. The van der Waals surface area contributed by atoms with E-state index in [2.05, 4.69) is 0 Å². The molecule has 0 aromatic rings. The minimum absolute atomic E-state index is 0.121. The normalized spacial score (nSPS) is 32.8. The van der Waals surface area contributed by atoms with E-state index >= 15 is 0 Å². The summed E-state index contributed by atoms with van der Waals surface area (Å²) in [5.41, 5.74) is 0. The molecule has 0 radical (unpaired) electrons. The molecule has 0 N–H and O–H groups in total. The highest BCUT2D eigenvalue weighted by atomic mass is 32.2. The summed E-state index contributed by atoms with van der Waals surface area (Å²) in [5.74, 6) is -0.701. The number of hydrogen-bond donors (Lipinski definition) is 0. The maximum absolute atomic E-state index is 12.7. The van der Waals surface area contributed by atoms with Crippen LogP contribution in [0.4, 0.5) is 0 Å². The van der Waals surface area contributed by atoms with Crippen LogP contribution in [0.25, 0.3) is 0 Å². The maximum Gasteiger partial charge on any atom is 0.309 e. The van der Waals surface area contributed by atoms with Crippen molar-refractivity contribution in [1.82, 2.24) is 8.61 Å². The Morgan fingerprint density at radius 2 is 1.76 bits per heavy atom. The highest BCUT2D eigenvalue weighted by molar-refractivity contribution is 7.86. The molecule has 2 saturated heterocycles. The predicted molar refractivity (Wildman–Crippen MR) is 76.8 cm³/mol. The second-order valence-corrected chi connectivity index (χ2v) is 7.73. The number of nitrogens with zero attached hydrogens (tertiary/aromatic N) is 2. The van der Waals surface area contributed by atoms with Gasteiger partial charge in [0.1, 0.15) is 0 Å². The first kappa shape index (κ1) is 16.7. The van der Waals surface area contributed by atoms with Gasteiger partial charge in [0.05, 0.1) is 25.2 Å². The van der Waals surface area contributed by atoms with Gasteiger partial charge >= 0.3 is 5.97 Å². The molecule has 0 spiro atoms. The van der Waals surface area contributed by atoms with Crippen LogP contribution in [0.1, 0.15) is 26.7 Å². The summed E-state index contributed by atoms with van der Waals surface area (Å²) >= 11 is 0. The fraction of sp³-hybridized carbons (Fsp3) is 0.923. The van der Waals surface area contributed by atoms with Crippen LogP contribution in [0.5, 0.6) is 0 Å². The van der Waals surface area contributed by atoms with E-state index in [1.54, 1.807) is 0 Å². The van der Waals surface area contributed by atoms with Gasteiger partial charge in [-0.25, -0.2) is 0 Å². The Kier molecular flexibility index (Phi) is 5.24. The molecule has 2 rings (SSSR count). The molecule has 7 nitrogen and oxygen atoms in total. The van der Waals surface area contributed by atoms with Crippen LogP contribution in [0.3, 0.4) is 0 Å². The van der Waals surface area contributed by atoms with E-state index in [4.69, 9.17) is 9.47 Å². The molecule has 0 aromatic heterocycles. The van der Waals surface area contributed by atoms with E-state index in [9.17, 15) is 13.2 Å². The lowest BCUT2D eigenvalue weighted by Gasteiger charge is -2.39. The Balaban J connectivity index is 2.09. The standard InChI is InChI=1S/C13H24N2O5S/c1-10-7-15(8-11(2)20-10)21(17,18)14-6-4-5-12(9-14)13(16)19-3/h10-12H,4-9H2,1-3H3. The van der Waals surface area contributed by atoms with Crippen LogP contribution in [-0.2, 0) is 24.5 Å². The van der Waals surface area contributed by atoms with Crippen molar-refractivity contribution < 1.29 is 22.7 Å². The molecule has 2 aliphatic rings. The van der Waals surface area contributed by atoms with Gasteiger partial charge in [0.2, 0.25) is 0 Å². The molecule has 3 unspecified atom stereocenters. The van der Waals surface area contributed by atoms with Gasteiger partial charge in [0, 0.05) is 26.2 Å². The number of ether oxygens (including phenoxy) is 2. The van der Waals surface area contributed by atoms with Gasteiger partial charge in [-0.3, -0.25) is 4.79 Å². The van der Waals surface area contributed by atoms with Crippen molar-refractivity contribution in [3.05, 3.63) is 0 Å². The van der Waals surface area contributed by atoms with Gasteiger partial charge in [0.25, 0.3) is 10.2 Å². The van der Waals surface area contributed by atoms with Gasteiger partial charge in [-0.05, 0) is 26.7 Å². The maximum atomic E-state index is 12.7. The number of morpholine rings is 1. The van der Waals surface area contributed by atoms with Crippen molar-refractivity contribution in [2.45, 2.75) is 38.9 Å². The summed E-state index contributed by atoms with van der Waals surface area (Å²) in [6.07, 6.45) is 1.11. The molecule has 21 heavy (non-hydrogen) atoms. The number of carbonyl (C=O) groups is 1. The third kappa shape index (κ3) is 3.74. The lowest BCUT2D eigenvalue weighted by atomic mass is 10.0. The third-order valence-corrected chi connectivity index (χ3v) is 5.89. The lowest BCUT2D eigenvalue weighted by Crippen LogP contribution is -2.55. The number of hydrogen-bond acceptors (Lipinski definition) is 5. The summed E-state index contributed by atoms with van der Waals surface area (Å²) in [5, 5.41) is 0. The van der Waals surface area contributed by atoms with Crippen molar-refractivity contribution in [1.29, 1.82) is 0 Å². The predicted octanol–water partition coefficient (Wildman–Crippen LogP) is 0.225. The fourth-order valence-electron chi connectivity index (χ4n) is 2.99. The molecule has 8 heteroatoms. The average molecular weight is 320 g/mol. The first-order valence-electron chi connectivity index (χ1n) is 7.33. The molecule has 2 fully saturated rings. The topological polar surface area (TPSA) is 76.2 Å². The SMILES string of the molecule is COC(=O)C1CCCN(S(=O)(=O)N2CC(C)OC(C)C2)C1. The number of rotatable bonds is 3. The minimum atomic E-state index is -3.55. The Morgan fingerprint density at radius 3 is 2.33 bits per heavy atom. The Labute approximate surface area is 126 Å². The van der Waals surface area contributed by atoms with Crippen molar-refractivity contribution in [2.24, 2.45) is 5.92 Å². The Morgan fingerprint density at radius 1 is 1.14 bits per heavy atom. The highest BCUT2D eigenvalue weighted by Crippen LogP contribution is 2.24. The second kappa shape index (κ2) is 6.60. The van der Waals surface area contributed by atoms with E-state index in [1.165, 1.54) is 15.7 Å². The van der Waals surface area contributed by atoms with Crippen LogP contribution in [0, 0.1) is 5.92 Å². The molecule has 0 aliphatic carbocycles. The zero-order valence-corrected chi connectivity index (χ0v) is 13.6. The molecule has 0 bridgehead atoms. The molecule has 0 saturated carbocycles. The number of piperidine rings is 1. The largest absolute Gasteiger partial charge is 0.469 e. The summed E-state index contributed by atoms with van der Waals surface area (Å²) in [7, 11) is -2.21. The molecule has 122 valence electrons. The molecule has 2 aliphatic heterocycles. The van der Waals surface area contributed by atoms with Crippen molar-refractivity contribution in [3.63, 3.8) is 0 Å². The van der Waals surface area contributed by atoms with E-state index in [0.717, 1.165) is 0 Å². The van der Waals surface area contributed by atoms with E-state index < -0.39 is 10.2 Å². The number of esters is 1. The van der Waals surface area contributed by atoms with E-state index in [1.807, 2.05) is 13.8 Å². The van der Waals surface area contributed by atoms with Crippen molar-refractivity contribution >= 4 is 16.2 Å². The third-order valence-electron chi connectivity index (χ3n) is 3.96. The first-order chi connectivity index (χ1) is 9.84. The average Bonchev–Trinajstić information content (AvgIpc) is 2.45. The molecular formula is C13H24N2O5S. The zero-order valence-electron chi connectivity index (χ0n) is 12.8. The van der Waals surface area contributed by atoms with Gasteiger partial charge in [-0.15, -0.1) is 0 Å². The van der Waals surface area contributed by atoms with Crippen LogP contribution in [0.15, 0.2) is 0 Å². The van der Waals surface area contributed by atoms with E-state index in [-0.39, 0.29) is 30.6 Å². The number of carbonyl (C=O) groups excluding carboxylic acids is 1. The summed E-state index contributed by atoms with van der Waals surface area (Å²) < 4.78 is 38.6. The second-order valence-electron chi connectivity index (χ2n) is 5.80. The van der Waals surface area contributed by atoms with Gasteiger partial charge < -0.3 is 9.47 Å². The zero-order chi connectivity index (χ0) is 15.6. The Hall–Kier alpha value is -0.700. The number of methoxy groups -OCH3 is 1. The molecule has 2 heterocycles. The van der Waals surface area contributed by atoms with E-state index in [0.29, 0.717) is 32.5 Å². The molecule has 0 aromatic carbocycles. The lowest BCUT2D eigenvalue weighted by molar-refractivity contribution is -0.146. The monoisotopic (exact) mass is 320 g/mol. The molecule has 0 amide bonds. The molecular weight excluding hydrogens is 296 g/mol. The van der Waals surface area contributed by atoms with Crippen LogP contribution >= 0.6 is 0 Å². The van der Waals surface area contributed by atoms with Gasteiger partial charge in [-0.2, -0.15) is 17.0 Å². The smallest absolute Gasteiger partial charge is 0.309 e. The summed E-state index contributed by atoms with van der Waals surface area (Å²) in [6, 6.07) is 0. The highest BCUT2D eigenvalue weighted by Gasteiger charge is 2.39. The van der Waals surface area contributed by atoms with Crippen molar-refractivity contribution in [2.75, 3.05) is 33.3 Å². The fourth-order valence-corrected chi connectivity index (χ4v) is 4.84. The van der Waals surface area contributed by atoms with Crippen LogP contribution in [0.2, 0.25) is 0 Å².